The predicted octanol–water partition coefficient (Wildman–Crippen LogP) is -3.31. The Labute approximate surface area is 714 Å². The van der Waals surface area contributed by atoms with Crippen LogP contribution in [0.25, 0.3) is 0 Å². The molecular formula is C79H114N19O25P. The fourth-order valence-electron chi connectivity index (χ4n) is 12.7. The second-order valence-electron chi connectivity index (χ2n) is 30.3. The second-order valence-corrected chi connectivity index (χ2v) is 31.0. The number of phenols is 1. The van der Waals surface area contributed by atoms with Crippen molar-refractivity contribution >= 4 is 114 Å². The molecule has 124 heavy (non-hydrogen) atoms. The molecule has 1 aromatic heterocycles. The van der Waals surface area contributed by atoms with E-state index in [2.05, 4.69) is 90.3 Å². The van der Waals surface area contributed by atoms with Crippen LogP contribution >= 0.6 is 7.91 Å². The lowest BCUT2D eigenvalue weighted by molar-refractivity contribution is -0.141. The SMILES string of the molecule is C#CCCCC(=O)NC(=O)[C@H](CCCCN)NC(=O)[C@H](C)NC(=O)[C@H](Cc1c[nH]cn1)NC(=O)[C@H](CCC(=O)O)NC(=O)[C@H](CC(N)=O)NC(=O)[C@H](CCCCN)NC(=O)[C@H](Cc1ccc(OP(=O)=O)cc1)NC(=O)[C@H](Cc1ccc(O)cc1)NC(=O)[C@H](CCC(=O)O)NC(=O)[C@H](CC(C)C)NC(=O)[C@@H](NC(=O)[C@H](CC(=O)O)NC(=O)[C@@H]1CCCN1)C(C)C. The Morgan fingerprint density at radius 1 is 0.508 bits per heavy atom. The largest absolute Gasteiger partial charge is 0.529 e. The van der Waals surface area contributed by atoms with Gasteiger partial charge in [0.25, 0.3) is 0 Å². The number of carbonyl (C=O) groups excluding carboxylic acids is 15. The Hall–Kier alpha value is -12.8. The van der Waals surface area contributed by atoms with E-state index in [9.17, 15) is 106 Å². The van der Waals surface area contributed by atoms with Crippen molar-refractivity contribution in [3.05, 3.63) is 77.9 Å². The molecule has 1 saturated heterocycles. The molecule has 4 rings (SSSR count). The van der Waals surface area contributed by atoms with Gasteiger partial charge in [0.1, 0.15) is 84.0 Å². The fraction of sp³-hybridized carbons (Fsp3) is 0.557. The molecule has 0 bridgehead atoms. The lowest BCUT2D eigenvalue weighted by Gasteiger charge is -2.29. The number of aromatic hydroxyl groups is 1. The highest BCUT2D eigenvalue weighted by Crippen LogP contribution is 2.22. The van der Waals surface area contributed by atoms with Crippen molar-refractivity contribution < 1.29 is 120 Å². The number of nitrogens with one attached hydrogen (secondary N) is 15. The van der Waals surface area contributed by atoms with Crippen LogP contribution < -0.4 is 96.2 Å². The zero-order chi connectivity index (χ0) is 92.3. The summed E-state index contributed by atoms with van der Waals surface area (Å²) in [6.07, 6.45) is 3.44. The van der Waals surface area contributed by atoms with Crippen LogP contribution in [0.15, 0.2) is 61.1 Å². The lowest BCUT2D eigenvalue weighted by atomic mass is 9.98. The van der Waals surface area contributed by atoms with Gasteiger partial charge in [-0.3, -0.25) is 91.6 Å². The first-order valence-electron chi connectivity index (χ1n) is 40.4. The molecule has 0 unspecified atom stereocenters. The number of carboxylic acid groups (broad SMARTS) is 3. The van der Waals surface area contributed by atoms with Crippen molar-refractivity contribution in [3.8, 4) is 23.8 Å². The number of rotatable bonds is 57. The lowest BCUT2D eigenvalue weighted by Crippen LogP contribution is -2.61. The van der Waals surface area contributed by atoms with Crippen molar-refractivity contribution in [2.24, 2.45) is 29.0 Å². The van der Waals surface area contributed by atoms with Crippen LogP contribution in [0.4, 0.5) is 0 Å². The van der Waals surface area contributed by atoms with Crippen LogP contribution in [-0.4, -0.2) is 235 Å². The minimum absolute atomic E-state index is 0.0189. The van der Waals surface area contributed by atoms with Crippen molar-refractivity contribution in [2.45, 2.75) is 248 Å². The summed E-state index contributed by atoms with van der Waals surface area (Å²) in [6.45, 7) is 8.36. The molecule has 680 valence electrons. The summed E-state index contributed by atoms with van der Waals surface area (Å²) in [6, 6.07) is -11.1. The van der Waals surface area contributed by atoms with Crippen LogP contribution in [0.2, 0.25) is 0 Å². The number of carboxylic acids is 3. The van der Waals surface area contributed by atoms with Crippen LogP contribution in [0.1, 0.15) is 167 Å². The van der Waals surface area contributed by atoms with E-state index in [1.54, 1.807) is 13.8 Å². The molecule has 1 aliphatic rings. The molecule has 0 spiro atoms. The van der Waals surface area contributed by atoms with E-state index >= 15 is 9.59 Å². The number of hydrogen-bond donors (Lipinski definition) is 22. The normalized spacial score (nSPS) is 15.1. The average Bonchev–Trinajstić information content (AvgIpc) is 1.92. The van der Waals surface area contributed by atoms with Crippen LogP contribution in [-0.2, 0) is 115 Å². The van der Waals surface area contributed by atoms with Gasteiger partial charge in [-0.2, -0.15) is 9.13 Å². The van der Waals surface area contributed by atoms with Crippen molar-refractivity contribution in [2.75, 3.05) is 19.6 Å². The quantitative estimate of drug-likeness (QED) is 0.0149. The van der Waals surface area contributed by atoms with E-state index in [1.807, 2.05) is 0 Å². The zero-order valence-corrected chi connectivity index (χ0v) is 70.4. The summed E-state index contributed by atoms with van der Waals surface area (Å²) in [5, 5.41) is 74.4. The molecule has 1 aliphatic heterocycles. The van der Waals surface area contributed by atoms with Gasteiger partial charge in [-0.15, -0.1) is 12.3 Å². The van der Waals surface area contributed by atoms with Gasteiger partial charge in [-0.05, 0) is 151 Å². The predicted molar refractivity (Wildman–Crippen MR) is 439 cm³/mol. The van der Waals surface area contributed by atoms with Crippen molar-refractivity contribution in [1.82, 2.24) is 84.4 Å². The highest BCUT2D eigenvalue weighted by molar-refractivity contribution is 7.25. The van der Waals surface area contributed by atoms with Crippen LogP contribution in [0, 0.1) is 24.2 Å². The number of aromatic nitrogens is 2. The number of nitrogens with zero attached hydrogens (tertiary/aromatic N) is 1. The topological polar surface area (TPSA) is 707 Å². The summed E-state index contributed by atoms with van der Waals surface area (Å²) in [5.41, 5.74) is 17.7. The molecule has 25 N–H and O–H groups in total. The number of unbranched alkanes of at least 4 members (excludes halogenated alkanes) is 3. The molecule has 44 nitrogen and oxygen atoms in total. The van der Waals surface area contributed by atoms with Crippen molar-refractivity contribution in [3.63, 3.8) is 0 Å². The third-order valence-corrected chi connectivity index (χ3v) is 19.6. The van der Waals surface area contributed by atoms with E-state index in [-0.39, 0.29) is 92.8 Å². The Morgan fingerprint density at radius 3 is 1.41 bits per heavy atom. The third kappa shape index (κ3) is 38.5. The number of primary amides is 1. The molecular weight excluding hydrogens is 1650 g/mol. The highest BCUT2D eigenvalue weighted by Gasteiger charge is 2.40. The van der Waals surface area contributed by atoms with Crippen LogP contribution in [0.5, 0.6) is 11.5 Å². The summed E-state index contributed by atoms with van der Waals surface area (Å²) >= 11 is 0. The molecule has 0 aliphatic carbocycles. The van der Waals surface area contributed by atoms with E-state index in [0.717, 1.165) is 0 Å². The van der Waals surface area contributed by atoms with E-state index in [0.29, 0.717) is 32.2 Å². The van der Waals surface area contributed by atoms with Gasteiger partial charge < -0.3 is 116 Å². The number of amides is 15. The minimum Gasteiger partial charge on any atom is -0.508 e. The maximum absolute atomic E-state index is 15.2. The van der Waals surface area contributed by atoms with E-state index < -0.39 is 263 Å². The Kier molecular flexibility index (Phi) is 45.0. The van der Waals surface area contributed by atoms with Crippen molar-refractivity contribution in [1.29, 1.82) is 0 Å². The van der Waals surface area contributed by atoms with Gasteiger partial charge in [-0.1, -0.05) is 52.0 Å². The molecule has 2 aromatic carbocycles. The summed E-state index contributed by atoms with van der Waals surface area (Å²) in [4.78, 5) is 254. The maximum atomic E-state index is 15.2. The number of aromatic amines is 1. The van der Waals surface area contributed by atoms with E-state index in [1.165, 1.54) is 81.8 Å². The highest BCUT2D eigenvalue weighted by atomic mass is 31.1. The summed E-state index contributed by atoms with van der Waals surface area (Å²) < 4.78 is 27.9. The first kappa shape index (κ1) is 104. The summed E-state index contributed by atoms with van der Waals surface area (Å²) in [5.74, 6) is -19.6. The Balaban J connectivity index is 1.71. The number of hydrogen-bond acceptors (Lipinski definition) is 26. The molecule has 3 aromatic rings. The number of phenolic OH excluding ortho intramolecular Hbond substituents is 1. The fourth-order valence-corrected chi connectivity index (χ4v) is 13.0. The van der Waals surface area contributed by atoms with Gasteiger partial charge >= 0.3 is 25.8 Å². The number of terminal acetylenes is 1. The maximum Gasteiger partial charge on any atom is 0.529 e. The number of carbonyl (C=O) groups is 18. The molecule has 0 radical (unpaired) electrons. The zero-order valence-electron chi connectivity index (χ0n) is 69.5. The molecule has 13 atom stereocenters. The minimum atomic E-state index is -3.44. The number of H-pyrrole nitrogens is 1. The third-order valence-electron chi connectivity index (χ3n) is 19.3. The summed E-state index contributed by atoms with van der Waals surface area (Å²) in [7, 11) is -3.44. The molecule has 1 fully saturated rings. The first-order valence-corrected chi connectivity index (χ1v) is 41.5. The second kappa shape index (κ2) is 53.9. The Morgan fingerprint density at radius 2 is 0.952 bits per heavy atom. The molecule has 45 heteroatoms. The van der Waals surface area contributed by atoms with Gasteiger partial charge in [0.2, 0.25) is 88.6 Å². The van der Waals surface area contributed by atoms with Gasteiger partial charge in [0, 0.05) is 51.1 Å². The Bertz CT molecular complexity index is 4280. The number of imide groups is 1. The van der Waals surface area contributed by atoms with E-state index in [4.69, 9.17) is 28.1 Å². The van der Waals surface area contributed by atoms with Gasteiger partial charge in [-0.25, -0.2) is 4.98 Å². The standard InChI is InChI=1S/C79H114N19O25P/c1-7-8-9-18-62(101)97-72(113)52(16-11-13-32-81)87-67(108)44(6)86-73(114)58(37-47-40-83-41-85-47)93-71(112)54(28-30-64(104)105)90-77(118)59(38-61(82)100)94-69(110)51(15-10-12-31-80)88-75(116)56(36-46-21-25-49(26-22-46)123-124(121)122)92-76(117)57(35-45-19-23-48(99)24-20-45)91-70(111)53(27-29-63(102)103)89-74(115)55(34-42(2)3)96-79(120)66(43(4)5)98-78(119)60(39-65(106)107)95-68(109)50-17-14-33-84-50/h1,19-26,40-44,50-60,66,84,99H,8-18,27-39,80-81H2,2-6H3,(H2,82,100)(H,83,85)(H,86,114)(H,87,108)(H,88,116)(H,89,115)(H,90,118)(H,91,111)(H,92,117)(H,93,112)(H,94,110)(H,95,109)(H,96,120)(H,98,119)(H,102,103)(H,104,105)(H,106,107)(H,97,101,113)/t44-,50-,51-,52-,53-,54-,55-,56-,57-,58-,59-,60-,66-/m0/s1. The van der Waals surface area contributed by atoms with Gasteiger partial charge in [0.05, 0.1) is 30.9 Å². The number of imidazole rings is 1. The first-order chi connectivity index (χ1) is 58.7. The smallest absolute Gasteiger partial charge is 0.508 e. The number of aliphatic carboxylic acids is 3. The molecule has 0 saturated carbocycles. The van der Waals surface area contributed by atoms with Gasteiger partial charge in [0.15, 0.2) is 0 Å². The number of benzene rings is 2. The monoisotopic (exact) mass is 1760 g/mol. The average molecular weight is 1760 g/mol. The number of nitrogens with two attached hydrogens (primary N) is 3. The van der Waals surface area contributed by atoms with Crippen LogP contribution in [0.3, 0.4) is 0 Å². The molecule has 15 amide bonds. The molecule has 2 heterocycles.